The number of carbonyl (C=O) groups is 1. The van der Waals surface area contributed by atoms with Crippen molar-refractivity contribution in [1.82, 2.24) is 15.5 Å². The van der Waals surface area contributed by atoms with E-state index in [1.165, 1.54) is 0 Å². The fourth-order valence-corrected chi connectivity index (χ4v) is 2.28. The summed E-state index contributed by atoms with van der Waals surface area (Å²) in [5, 5.41) is 14.5. The Morgan fingerprint density at radius 3 is 2.57 bits per heavy atom. The average molecular weight is 325 g/mol. The Morgan fingerprint density at radius 1 is 1.19 bits per heavy atom. The molecule has 7 heteroatoms. The minimum atomic E-state index is -0.278. The fraction of sp³-hybridized carbons (Fsp3) is 0.214. The third-order valence-electron chi connectivity index (χ3n) is 2.94. The topological polar surface area (TPSA) is 66.9 Å². The Morgan fingerprint density at radius 2 is 1.95 bits per heavy atom. The molecular formula is C14H14Cl2N4O. The predicted molar refractivity (Wildman–Crippen MR) is 83.9 cm³/mol. The van der Waals surface area contributed by atoms with Crippen LogP contribution < -0.4 is 10.6 Å². The molecular weight excluding hydrogens is 311 g/mol. The van der Waals surface area contributed by atoms with Crippen molar-refractivity contribution in [2.75, 3.05) is 12.4 Å². The minimum Gasteiger partial charge on any atom is -0.362 e. The van der Waals surface area contributed by atoms with Gasteiger partial charge < -0.3 is 10.6 Å². The lowest BCUT2D eigenvalue weighted by atomic mass is 10.1. The Labute approximate surface area is 132 Å². The molecule has 0 bridgehead atoms. The second kappa shape index (κ2) is 6.74. The van der Waals surface area contributed by atoms with Gasteiger partial charge in [-0.15, -0.1) is 10.2 Å². The molecule has 2 aromatic rings. The molecule has 5 nitrogen and oxygen atoms in total. The second-order valence-electron chi connectivity index (χ2n) is 4.39. The first-order valence-electron chi connectivity index (χ1n) is 6.29. The Hall–Kier alpha value is -1.85. The molecule has 0 radical (unpaired) electrons. The zero-order chi connectivity index (χ0) is 15.4. The molecule has 1 atom stereocenters. The molecule has 0 aliphatic rings. The van der Waals surface area contributed by atoms with Crippen LogP contribution in [0.15, 0.2) is 30.3 Å². The van der Waals surface area contributed by atoms with Crippen molar-refractivity contribution < 1.29 is 4.79 Å². The summed E-state index contributed by atoms with van der Waals surface area (Å²) >= 11 is 12.2. The van der Waals surface area contributed by atoms with E-state index in [9.17, 15) is 4.79 Å². The van der Waals surface area contributed by atoms with Crippen LogP contribution in [-0.4, -0.2) is 23.2 Å². The number of nitrogens with one attached hydrogen (secondary N) is 2. The van der Waals surface area contributed by atoms with Crippen LogP contribution in [0.3, 0.4) is 0 Å². The van der Waals surface area contributed by atoms with Gasteiger partial charge in [-0.2, -0.15) is 0 Å². The van der Waals surface area contributed by atoms with Gasteiger partial charge in [0, 0.05) is 7.05 Å². The Balaban J connectivity index is 2.14. The van der Waals surface area contributed by atoms with Crippen LogP contribution in [0.2, 0.25) is 10.0 Å². The van der Waals surface area contributed by atoms with Gasteiger partial charge in [-0.25, -0.2) is 0 Å². The number of anilines is 1. The van der Waals surface area contributed by atoms with Gasteiger partial charge in [0.05, 0.1) is 16.1 Å². The third-order valence-corrected chi connectivity index (χ3v) is 3.77. The summed E-state index contributed by atoms with van der Waals surface area (Å²) in [7, 11) is 1.54. The van der Waals surface area contributed by atoms with Crippen LogP contribution in [0.5, 0.6) is 0 Å². The highest BCUT2D eigenvalue weighted by molar-refractivity contribution is 6.42. The Kier molecular flexibility index (Phi) is 4.98. The van der Waals surface area contributed by atoms with Gasteiger partial charge in [0.2, 0.25) is 0 Å². The van der Waals surface area contributed by atoms with Gasteiger partial charge in [-0.3, -0.25) is 4.79 Å². The molecule has 1 amide bonds. The summed E-state index contributed by atoms with van der Waals surface area (Å²) in [6.45, 7) is 1.94. The second-order valence-corrected chi connectivity index (χ2v) is 5.18. The number of carbonyl (C=O) groups excluding carboxylic acids is 1. The quantitative estimate of drug-likeness (QED) is 0.905. The zero-order valence-electron chi connectivity index (χ0n) is 11.5. The molecule has 0 saturated heterocycles. The van der Waals surface area contributed by atoms with Crippen LogP contribution in [0, 0.1) is 0 Å². The highest BCUT2D eigenvalue weighted by Gasteiger charge is 2.13. The summed E-state index contributed by atoms with van der Waals surface area (Å²) in [5.74, 6) is 0.270. The number of hydrogen-bond donors (Lipinski definition) is 2. The summed E-state index contributed by atoms with van der Waals surface area (Å²) in [6, 6.07) is 8.64. The van der Waals surface area contributed by atoms with Crippen LogP contribution in [0.1, 0.15) is 29.0 Å². The van der Waals surface area contributed by atoms with Gasteiger partial charge in [0.25, 0.3) is 5.91 Å². The SMILES string of the molecule is CNC(=O)c1ccc(NC(C)c2cccc(Cl)c2Cl)nn1. The van der Waals surface area contributed by atoms with Crippen molar-refractivity contribution in [3.8, 4) is 0 Å². The maximum absolute atomic E-state index is 11.4. The van der Waals surface area contributed by atoms with Crippen molar-refractivity contribution in [2.24, 2.45) is 0 Å². The number of amides is 1. The number of halogens is 2. The summed E-state index contributed by atoms with van der Waals surface area (Å²) < 4.78 is 0. The summed E-state index contributed by atoms with van der Waals surface area (Å²) in [5.41, 5.74) is 1.12. The van der Waals surface area contributed by atoms with Crippen molar-refractivity contribution in [3.05, 3.63) is 51.6 Å². The molecule has 1 aromatic carbocycles. The van der Waals surface area contributed by atoms with Crippen LogP contribution in [0.25, 0.3) is 0 Å². The lowest BCUT2D eigenvalue weighted by molar-refractivity contribution is 0.0957. The smallest absolute Gasteiger partial charge is 0.271 e. The average Bonchev–Trinajstić information content (AvgIpc) is 2.50. The molecule has 0 fully saturated rings. The normalized spacial score (nSPS) is 11.8. The van der Waals surface area contributed by atoms with Crippen LogP contribution >= 0.6 is 23.2 Å². The molecule has 1 unspecified atom stereocenters. The predicted octanol–water partition coefficient (Wildman–Crippen LogP) is 3.32. The van der Waals surface area contributed by atoms with Crippen molar-refractivity contribution in [3.63, 3.8) is 0 Å². The minimum absolute atomic E-state index is 0.101. The number of hydrogen-bond acceptors (Lipinski definition) is 4. The molecule has 1 aromatic heterocycles. The van der Waals surface area contributed by atoms with Gasteiger partial charge in [-0.1, -0.05) is 35.3 Å². The van der Waals surface area contributed by atoms with Crippen LogP contribution in [-0.2, 0) is 0 Å². The maximum Gasteiger partial charge on any atom is 0.271 e. The first kappa shape index (κ1) is 15.5. The lowest BCUT2D eigenvalue weighted by Crippen LogP contribution is -2.20. The molecule has 2 rings (SSSR count). The van der Waals surface area contributed by atoms with Crippen molar-refractivity contribution in [2.45, 2.75) is 13.0 Å². The van der Waals surface area contributed by atoms with Crippen LogP contribution in [0.4, 0.5) is 5.82 Å². The van der Waals surface area contributed by atoms with Gasteiger partial charge in [0.1, 0.15) is 5.82 Å². The van der Waals surface area contributed by atoms with Gasteiger partial charge in [0.15, 0.2) is 5.69 Å². The van der Waals surface area contributed by atoms with E-state index < -0.39 is 0 Å². The summed E-state index contributed by atoms with van der Waals surface area (Å²) in [4.78, 5) is 11.4. The molecule has 1 heterocycles. The lowest BCUT2D eigenvalue weighted by Gasteiger charge is -2.16. The molecule has 21 heavy (non-hydrogen) atoms. The maximum atomic E-state index is 11.4. The molecule has 110 valence electrons. The fourth-order valence-electron chi connectivity index (χ4n) is 1.81. The zero-order valence-corrected chi connectivity index (χ0v) is 13.0. The number of aromatic nitrogens is 2. The van der Waals surface area contributed by atoms with E-state index in [-0.39, 0.29) is 17.6 Å². The molecule has 0 spiro atoms. The van der Waals surface area contributed by atoms with E-state index in [0.29, 0.717) is 15.9 Å². The number of rotatable bonds is 4. The monoisotopic (exact) mass is 324 g/mol. The van der Waals surface area contributed by atoms with E-state index in [1.807, 2.05) is 19.1 Å². The van der Waals surface area contributed by atoms with E-state index in [1.54, 1.807) is 25.2 Å². The van der Waals surface area contributed by atoms with E-state index in [0.717, 1.165) is 5.56 Å². The third kappa shape index (κ3) is 3.62. The van der Waals surface area contributed by atoms with E-state index in [2.05, 4.69) is 20.8 Å². The highest BCUT2D eigenvalue weighted by Crippen LogP contribution is 2.31. The Bertz CT molecular complexity index is 646. The van der Waals surface area contributed by atoms with Gasteiger partial charge in [-0.05, 0) is 30.7 Å². The van der Waals surface area contributed by atoms with E-state index in [4.69, 9.17) is 23.2 Å². The molecule has 0 saturated carbocycles. The van der Waals surface area contributed by atoms with E-state index >= 15 is 0 Å². The largest absolute Gasteiger partial charge is 0.362 e. The molecule has 0 aliphatic carbocycles. The standard InChI is InChI=1S/C14H14Cl2N4O/c1-8(9-4-3-5-10(15)13(9)16)18-12-7-6-11(19-20-12)14(21)17-2/h3-8H,1-2H3,(H,17,21)(H,18,20). The molecule has 0 aliphatic heterocycles. The van der Waals surface area contributed by atoms with Crippen molar-refractivity contribution in [1.29, 1.82) is 0 Å². The first-order valence-corrected chi connectivity index (χ1v) is 7.04. The van der Waals surface area contributed by atoms with Gasteiger partial charge >= 0.3 is 0 Å². The number of benzene rings is 1. The highest BCUT2D eigenvalue weighted by atomic mass is 35.5. The number of nitrogens with zero attached hydrogens (tertiary/aromatic N) is 2. The molecule has 2 N–H and O–H groups in total. The first-order chi connectivity index (χ1) is 10.0. The summed E-state index contributed by atoms with van der Waals surface area (Å²) in [6.07, 6.45) is 0. The van der Waals surface area contributed by atoms with Crippen molar-refractivity contribution >= 4 is 34.9 Å².